The molecule has 1 rings (SSSR count). The Morgan fingerprint density at radius 3 is 2.36 bits per heavy atom. The summed E-state index contributed by atoms with van der Waals surface area (Å²) in [6.45, 7) is 1.86. The first kappa shape index (κ1) is 9.65. The molecule has 0 aromatic carbocycles. The molecule has 0 saturated carbocycles. The van der Waals surface area contributed by atoms with Gasteiger partial charge in [-0.1, -0.05) is 30.1 Å². The van der Waals surface area contributed by atoms with E-state index in [9.17, 15) is 0 Å². The average molecular weight is 197 g/mol. The summed E-state index contributed by atoms with van der Waals surface area (Å²) in [5.74, 6) is -0.0224. The van der Waals surface area contributed by atoms with Crippen molar-refractivity contribution in [2.24, 2.45) is 5.92 Å². The van der Waals surface area contributed by atoms with Crippen LogP contribution in [-0.2, 0) is 4.74 Å². The number of aliphatic hydroxyl groups is 1. The van der Waals surface area contributed by atoms with Crippen molar-refractivity contribution in [3.63, 3.8) is 0 Å². The molecule has 0 amide bonds. The summed E-state index contributed by atoms with van der Waals surface area (Å²) in [6, 6.07) is -0.210. The number of hydrogen-bond donors (Lipinski definition) is 1. The molecule has 3 atom stereocenters. The Bertz CT molecular complexity index is 154. The minimum atomic E-state index is -0.854. The van der Waals surface area contributed by atoms with Crippen LogP contribution in [0.2, 0.25) is 0 Å². The first-order valence-electron chi connectivity index (χ1n) is 3.64. The van der Waals surface area contributed by atoms with Gasteiger partial charge >= 0.3 is 0 Å². The molecule has 2 nitrogen and oxygen atoms in total. The Labute approximate surface area is 77.2 Å². The number of rotatable bonds is 1. The normalized spacial score (nSPS) is 42.7. The lowest BCUT2D eigenvalue weighted by atomic mass is 9.91. The van der Waals surface area contributed by atoms with Crippen LogP contribution in [-0.4, -0.2) is 36.0 Å². The van der Waals surface area contributed by atoms with E-state index in [1.165, 1.54) is 0 Å². The largest absolute Gasteiger partial charge is 0.394 e. The van der Waals surface area contributed by atoms with E-state index in [2.05, 4.69) is 0 Å². The Balaban J connectivity index is 2.71. The molecule has 1 aliphatic heterocycles. The Morgan fingerprint density at radius 2 is 2.18 bits per heavy atom. The van der Waals surface area contributed by atoms with Crippen molar-refractivity contribution in [3.05, 3.63) is 0 Å². The average Bonchev–Trinajstić information content (AvgIpc) is 2.14. The molecular weight excluding hydrogens is 186 g/mol. The van der Waals surface area contributed by atoms with Gasteiger partial charge < -0.3 is 9.84 Å². The van der Waals surface area contributed by atoms with Crippen LogP contribution in [0.5, 0.6) is 0 Å². The molecule has 1 N–H and O–H groups in total. The third kappa shape index (κ3) is 1.52. The third-order valence-electron chi connectivity index (χ3n) is 2.27. The summed E-state index contributed by atoms with van der Waals surface area (Å²) in [4.78, 5) is 0. The molecule has 0 aromatic heterocycles. The van der Waals surface area contributed by atoms with Crippen molar-refractivity contribution in [3.8, 4) is 0 Å². The van der Waals surface area contributed by atoms with Crippen molar-refractivity contribution < 1.29 is 9.84 Å². The molecule has 1 aliphatic rings. The second-order valence-electron chi connectivity index (χ2n) is 2.96. The fraction of sp³-hybridized carbons (Fsp3) is 1.00. The van der Waals surface area contributed by atoms with Crippen molar-refractivity contribution in [1.82, 2.24) is 0 Å². The summed E-state index contributed by atoms with van der Waals surface area (Å²) < 4.78 is 4.47. The van der Waals surface area contributed by atoms with E-state index in [0.29, 0.717) is 0 Å². The summed E-state index contributed by atoms with van der Waals surface area (Å²) in [6.07, 6.45) is -0.222. The maximum Gasteiger partial charge on any atom is 0.143 e. The van der Waals surface area contributed by atoms with Gasteiger partial charge in [0.1, 0.15) is 12.2 Å². The van der Waals surface area contributed by atoms with Crippen LogP contribution in [0.3, 0.4) is 0 Å². The highest BCUT2D eigenvalue weighted by atomic mass is 35.5. The first-order chi connectivity index (χ1) is 5.00. The van der Waals surface area contributed by atoms with Gasteiger partial charge in [0.2, 0.25) is 0 Å². The molecule has 64 valence electrons. The molecule has 0 radical (unpaired) electrons. The van der Waals surface area contributed by atoms with Gasteiger partial charge in [-0.05, 0) is 0 Å². The quantitative estimate of drug-likeness (QED) is 0.478. The minimum absolute atomic E-state index is 0.0211. The van der Waals surface area contributed by atoms with Gasteiger partial charge in [-0.2, -0.15) is 0 Å². The van der Waals surface area contributed by atoms with Crippen LogP contribution in [0, 0.1) is 5.92 Å². The standard InChI is InChI=1S/C6H11BCl2O2/c1-3-4(2-10)11-5(7)6(3,8)9/h3-5,10H,2,7H2,1H3/t3-,4-,5?/m1/s1. The lowest BCUT2D eigenvalue weighted by Gasteiger charge is -2.21. The van der Waals surface area contributed by atoms with Crippen LogP contribution < -0.4 is 0 Å². The van der Waals surface area contributed by atoms with Crippen LogP contribution in [0.15, 0.2) is 0 Å². The molecule has 5 heteroatoms. The SMILES string of the molecule is BC1O[C@H](CO)[C@@H](C)C1(Cl)Cl. The molecule has 1 heterocycles. The zero-order valence-electron chi connectivity index (χ0n) is 6.55. The maximum atomic E-state index is 8.84. The molecular formula is C6H11BCl2O2. The van der Waals surface area contributed by atoms with Crippen LogP contribution >= 0.6 is 23.2 Å². The number of alkyl halides is 2. The van der Waals surface area contributed by atoms with Crippen LogP contribution in [0.4, 0.5) is 0 Å². The second kappa shape index (κ2) is 3.13. The van der Waals surface area contributed by atoms with E-state index in [1.54, 1.807) is 0 Å². The lowest BCUT2D eigenvalue weighted by Crippen LogP contribution is -2.32. The fourth-order valence-electron chi connectivity index (χ4n) is 1.29. The zero-order valence-corrected chi connectivity index (χ0v) is 8.06. The Morgan fingerprint density at radius 1 is 1.64 bits per heavy atom. The van der Waals surface area contributed by atoms with E-state index >= 15 is 0 Å². The van der Waals surface area contributed by atoms with Crippen molar-refractivity contribution >= 4 is 31.0 Å². The van der Waals surface area contributed by atoms with Crippen molar-refractivity contribution in [1.29, 1.82) is 0 Å². The monoisotopic (exact) mass is 196 g/mol. The number of aliphatic hydroxyl groups excluding tert-OH is 1. The van der Waals surface area contributed by atoms with E-state index in [-0.39, 0.29) is 24.6 Å². The molecule has 11 heavy (non-hydrogen) atoms. The van der Waals surface area contributed by atoms with Gasteiger partial charge in [0.25, 0.3) is 0 Å². The van der Waals surface area contributed by atoms with E-state index in [1.807, 2.05) is 14.8 Å². The molecule has 0 bridgehead atoms. The van der Waals surface area contributed by atoms with Crippen LogP contribution in [0.25, 0.3) is 0 Å². The van der Waals surface area contributed by atoms with E-state index in [0.717, 1.165) is 0 Å². The highest BCUT2D eigenvalue weighted by Crippen LogP contribution is 2.43. The summed E-state index contributed by atoms with van der Waals surface area (Å²) in [5.41, 5.74) is 0. The Hall–Kier alpha value is 0.565. The highest BCUT2D eigenvalue weighted by molar-refractivity contribution is 6.51. The fourth-order valence-corrected chi connectivity index (χ4v) is 1.67. The highest BCUT2D eigenvalue weighted by Gasteiger charge is 2.49. The molecule has 0 spiro atoms. The van der Waals surface area contributed by atoms with Crippen molar-refractivity contribution in [2.75, 3.05) is 6.61 Å². The van der Waals surface area contributed by atoms with Gasteiger partial charge in [-0.15, -0.1) is 0 Å². The first-order valence-corrected chi connectivity index (χ1v) is 4.40. The zero-order chi connectivity index (χ0) is 8.65. The van der Waals surface area contributed by atoms with Gasteiger partial charge in [-0.25, -0.2) is 0 Å². The van der Waals surface area contributed by atoms with Gasteiger partial charge in [0.15, 0.2) is 0 Å². The van der Waals surface area contributed by atoms with Crippen LogP contribution in [0.1, 0.15) is 6.92 Å². The maximum absolute atomic E-state index is 8.84. The third-order valence-corrected chi connectivity index (χ3v) is 3.57. The van der Waals surface area contributed by atoms with E-state index < -0.39 is 4.33 Å². The summed E-state index contributed by atoms with van der Waals surface area (Å²) >= 11 is 11.9. The van der Waals surface area contributed by atoms with Gasteiger partial charge in [-0.3, -0.25) is 0 Å². The minimum Gasteiger partial charge on any atom is -0.394 e. The van der Waals surface area contributed by atoms with Gasteiger partial charge in [0, 0.05) is 5.92 Å². The number of halogens is 2. The lowest BCUT2D eigenvalue weighted by molar-refractivity contribution is 0.0292. The predicted molar refractivity (Wildman–Crippen MR) is 47.9 cm³/mol. The molecule has 1 unspecified atom stereocenters. The Kier molecular flexibility index (Phi) is 2.75. The molecule has 1 fully saturated rings. The number of hydrogen-bond acceptors (Lipinski definition) is 2. The predicted octanol–water partition coefficient (Wildman–Crippen LogP) is 0.147. The van der Waals surface area contributed by atoms with Gasteiger partial charge in [0.05, 0.1) is 18.7 Å². The molecule has 0 aromatic rings. The van der Waals surface area contributed by atoms with Crippen molar-refractivity contribution in [2.45, 2.75) is 23.4 Å². The topological polar surface area (TPSA) is 29.5 Å². The smallest absolute Gasteiger partial charge is 0.143 e. The second-order valence-corrected chi connectivity index (χ2v) is 4.41. The summed E-state index contributed by atoms with van der Waals surface area (Å²) in [5, 5.41) is 8.84. The summed E-state index contributed by atoms with van der Waals surface area (Å²) in [7, 11) is 1.81. The molecule has 0 aliphatic carbocycles. The number of ether oxygens (including phenoxy) is 1. The van der Waals surface area contributed by atoms with E-state index in [4.69, 9.17) is 33.0 Å². The molecule has 1 saturated heterocycles.